The molecule has 2 rings (SSSR count). The van der Waals surface area contributed by atoms with Crippen molar-refractivity contribution in [3.8, 4) is 5.75 Å². The second-order valence-corrected chi connectivity index (χ2v) is 11.1. The first kappa shape index (κ1) is 32.9. The predicted octanol–water partition coefficient (Wildman–Crippen LogP) is 4.84. The molecule has 212 valence electrons. The number of hydrogen-bond acceptors (Lipinski definition) is 6. The molecule has 1 aromatic rings. The third-order valence-corrected chi connectivity index (χ3v) is 7.74. The van der Waals surface area contributed by atoms with Crippen molar-refractivity contribution < 1.29 is 31.8 Å². The van der Waals surface area contributed by atoms with Gasteiger partial charge in [-0.2, -0.15) is 0 Å². The number of nitrogens with zero attached hydrogens (tertiary/aromatic N) is 2. The van der Waals surface area contributed by atoms with E-state index in [9.17, 15) is 22.6 Å². The zero-order chi connectivity index (χ0) is 27.9. The van der Waals surface area contributed by atoms with Crippen molar-refractivity contribution >= 4 is 22.3 Å². The van der Waals surface area contributed by atoms with Gasteiger partial charge in [0.1, 0.15) is 11.8 Å². The van der Waals surface area contributed by atoms with Crippen LogP contribution in [0.3, 0.4) is 0 Å². The van der Waals surface area contributed by atoms with Crippen LogP contribution in [0.25, 0.3) is 0 Å². The number of benzene rings is 1. The monoisotopic (exact) mass is 541 g/mol. The number of unbranched alkanes of at least 4 members (excludes halogenated alkanes) is 4. The Morgan fingerprint density at radius 2 is 1.35 bits per heavy atom. The Hall–Kier alpha value is -2.17. The van der Waals surface area contributed by atoms with Crippen molar-refractivity contribution in [2.45, 2.75) is 98.1 Å². The van der Waals surface area contributed by atoms with Crippen LogP contribution in [0.1, 0.15) is 86.0 Å². The highest BCUT2D eigenvalue weighted by molar-refractivity contribution is 7.84. The summed E-state index contributed by atoms with van der Waals surface area (Å²) < 4.78 is 38.8. The molecule has 1 aromatic carbocycles. The largest absolute Gasteiger partial charge is 0.731 e. The fourth-order valence-electron chi connectivity index (χ4n) is 4.49. The summed E-state index contributed by atoms with van der Waals surface area (Å²) in [5, 5.41) is 2.21. The highest BCUT2D eigenvalue weighted by atomic mass is 32.2. The van der Waals surface area contributed by atoms with Crippen LogP contribution in [0.5, 0.6) is 5.75 Å². The summed E-state index contributed by atoms with van der Waals surface area (Å²) in [5.41, 5.74) is 0. The zero-order valence-electron chi connectivity index (χ0n) is 23.3. The number of ether oxygens (including phenoxy) is 1. The van der Waals surface area contributed by atoms with Crippen LogP contribution in [0.15, 0.2) is 30.3 Å². The van der Waals surface area contributed by atoms with Gasteiger partial charge >= 0.3 is 6.09 Å². The van der Waals surface area contributed by atoms with Crippen LogP contribution in [0.2, 0.25) is 0 Å². The highest BCUT2D eigenvalue weighted by Gasteiger charge is 2.49. The first-order valence-electron chi connectivity index (χ1n) is 13.7. The smallest absolute Gasteiger partial charge is 0.413 e. The van der Waals surface area contributed by atoms with E-state index < -0.39 is 34.4 Å². The minimum absolute atomic E-state index is 0.181. The van der Waals surface area contributed by atoms with Crippen LogP contribution in [0.4, 0.5) is 4.79 Å². The number of carbonyl (C=O) groups is 2. The van der Waals surface area contributed by atoms with E-state index in [4.69, 9.17) is 4.74 Å². The van der Waals surface area contributed by atoms with Crippen molar-refractivity contribution in [3.63, 3.8) is 0 Å². The number of hydrogen-bond donors (Lipinski definition) is 1. The van der Waals surface area contributed by atoms with Gasteiger partial charge in [-0.1, -0.05) is 71.6 Å². The van der Waals surface area contributed by atoms with Gasteiger partial charge in [-0.25, -0.2) is 17.5 Å². The summed E-state index contributed by atoms with van der Waals surface area (Å²) >= 11 is 0. The molecule has 0 unspecified atom stereocenters. The Morgan fingerprint density at radius 3 is 1.70 bits per heavy atom. The van der Waals surface area contributed by atoms with Crippen LogP contribution >= 0.6 is 0 Å². The summed E-state index contributed by atoms with van der Waals surface area (Å²) in [6.07, 6.45) is 10.2. The SMILES string of the molecule is CCCC[N+](CCCC)(CCCC)CCCC.C[C@H]1[C@H](NC(=O)Oc2ccccc2)C(=O)N1S(=O)(=O)[O-]. The fourth-order valence-corrected chi connectivity index (χ4v) is 5.35. The lowest BCUT2D eigenvalue weighted by Gasteiger charge is -2.45. The second kappa shape index (κ2) is 16.6. The number of nitrogens with one attached hydrogen (secondary N) is 1. The summed E-state index contributed by atoms with van der Waals surface area (Å²) in [6, 6.07) is 6.11. The molecule has 1 fully saturated rings. The van der Waals surface area contributed by atoms with Crippen molar-refractivity contribution in [1.29, 1.82) is 0 Å². The molecule has 0 radical (unpaired) electrons. The molecule has 9 nitrogen and oxygen atoms in total. The first-order chi connectivity index (χ1) is 17.5. The molecule has 0 aromatic heterocycles. The average molecular weight is 542 g/mol. The molecule has 0 bridgehead atoms. The van der Waals surface area contributed by atoms with Crippen molar-refractivity contribution in [1.82, 2.24) is 9.62 Å². The Labute approximate surface area is 224 Å². The van der Waals surface area contributed by atoms with E-state index >= 15 is 0 Å². The fraction of sp³-hybridized carbons (Fsp3) is 0.704. The number of amides is 2. The zero-order valence-corrected chi connectivity index (χ0v) is 24.1. The molecule has 10 heteroatoms. The summed E-state index contributed by atoms with van der Waals surface area (Å²) in [5.74, 6) is -0.699. The molecule has 2 amide bonds. The van der Waals surface area contributed by atoms with E-state index in [-0.39, 0.29) is 10.1 Å². The van der Waals surface area contributed by atoms with Crippen molar-refractivity contribution in [2.75, 3.05) is 26.2 Å². The number of para-hydroxylation sites is 1. The Morgan fingerprint density at radius 1 is 0.919 bits per heavy atom. The summed E-state index contributed by atoms with van der Waals surface area (Å²) in [4.78, 5) is 23.0. The Balaban J connectivity index is 0.000000377. The van der Waals surface area contributed by atoms with Gasteiger partial charge < -0.3 is 19.1 Å². The maximum absolute atomic E-state index is 11.5. The second-order valence-electron chi connectivity index (χ2n) is 9.81. The summed E-state index contributed by atoms with van der Waals surface area (Å²) in [6.45, 7) is 16.4. The maximum Gasteiger partial charge on any atom is 0.413 e. The molecule has 1 saturated heterocycles. The van der Waals surface area contributed by atoms with Gasteiger partial charge in [0.05, 0.1) is 32.2 Å². The molecule has 1 N–H and O–H groups in total. The molecular formula is C27H47N3O6S. The van der Waals surface area contributed by atoms with Gasteiger partial charge in [-0.05, 0) is 44.7 Å². The lowest BCUT2D eigenvalue weighted by atomic mass is 10.0. The predicted molar refractivity (Wildman–Crippen MR) is 145 cm³/mol. The maximum atomic E-state index is 11.5. The number of quaternary nitrogens is 1. The molecule has 0 spiro atoms. The standard InChI is InChI=1S/C16H36N.C11H12N2O6S/c1-5-9-13-17(14-10-6-2,15-11-7-3)16-12-8-4;1-7-9(10(14)13(7)20(16,17)18)12-11(15)19-8-5-3-2-4-6-8/h5-16H2,1-4H3;2-7,9H,1H3,(H,12,15)(H,16,17,18)/q+1;/p-1/t;7-,9-/m.0/s1. The molecule has 37 heavy (non-hydrogen) atoms. The quantitative estimate of drug-likeness (QED) is 0.193. The minimum atomic E-state index is -4.85. The summed E-state index contributed by atoms with van der Waals surface area (Å²) in [7, 11) is -4.85. The average Bonchev–Trinajstić information content (AvgIpc) is 2.87. The van der Waals surface area contributed by atoms with Crippen molar-refractivity contribution in [3.05, 3.63) is 30.3 Å². The van der Waals surface area contributed by atoms with Gasteiger partial charge in [0, 0.05) is 0 Å². The van der Waals surface area contributed by atoms with Gasteiger partial charge in [-0.3, -0.25) is 4.79 Å². The van der Waals surface area contributed by atoms with E-state index in [2.05, 4.69) is 33.0 Å². The molecule has 1 heterocycles. The van der Waals surface area contributed by atoms with Crippen LogP contribution in [-0.4, -0.2) is 72.0 Å². The lowest BCUT2D eigenvalue weighted by Crippen LogP contribution is -2.71. The number of β-lactam (4-membered cyclic amide) rings is 1. The third kappa shape index (κ3) is 11.0. The molecular weight excluding hydrogens is 494 g/mol. The topological polar surface area (TPSA) is 116 Å². The molecule has 1 aliphatic heterocycles. The first-order valence-corrected chi connectivity index (χ1v) is 15.1. The third-order valence-electron chi connectivity index (χ3n) is 6.75. The Bertz CT molecular complexity index is 872. The highest BCUT2D eigenvalue weighted by Crippen LogP contribution is 2.23. The van der Waals surface area contributed by atoms with Crippen LogP contribution in [-0.2, 0) is 15.1 Å². The van der Waals surface area contributed by atoms with E-state index in [0.29, 0.717) is 0 Å². The van der Waals surface area contributed by atoms with E-state index in [1.807, 2.05) is 0 Å². The van der Waals surface area contributed by atoms with Gasteiger partial charge in [-0.15, -0.1) is 0 Å². The van der Waals surface area contributed by atoms with Gasteiger partial charge in [0.2, 0.25) is 0 Å². The van der Waals surface area contributed by atoms with Crippen LogP contribution in [0, 0.1) is 0 Å². The molecule has 0 aliphatic carbocycles. The minimum Gasteiger partial charge on any atom is -0.731 e. The number of carbonyl (C=O) groups excluding carboxylic acids is 2. The lowest BCUT2D eigenvalue weighted by molar-refractivity contribution is -0.929. The van der Waals surface area contributed by atoms with Gasteiger partial charge in [0.25, 0.3) is 5.91 Å². The van der Waals surface area contributed by atoms with E-state index in [1.165, 1.54) is 89.0 Å². The molecule has 1 aliphatic rings. The van der Waals surface area contributed by atoms with E-state index in [1.54, 1.807) is 30.3 Å². The normalized spacial score (nSPS) is 17.5. The molecule has 0 saturated carbocycles. The Kier molecular flexibility index (Phi) is 14.8. The number of rotatable bonds is 15. The van der Waals surface area contributed by atoms with Crippen molar-refractivity contribution in [2.24, 2.45) is 0 Å². The molecule has 2 atom stereocenters. The van der Waals surface area contributed by atoms with Gasteiger partial charge in [0.15, 0.2) is 10.3 Å². The van der Waals surface area contributed by atoms with Crippen LogP contribution < -0.4 is 10.1 Å². The van der Waals surface area contributed by atoms with E-state index in [0.717, 1.165) is 0 Å².